The van der Waals surface area contributed by atoms with Gasteiger partial charge in [-0.15, -0.1) is 11.8 Å². The molecule has 18 heavy (non-hydrogen) atoms. The Morgan fingerprint density at radius 1 is 1.11 bits per heavy atom. The molecule has 0 saturated heterocycles. The fourth-order valence-electron chi connectivity index (χ4n) is 1.62. The molecule has 0 aromatic heterocycles. The second kappa shape index (κ2) is 6.23. The van der Waals surface area contributed by atoms with E-state index < -0.39 is 0 Å². The van der Waals surface area contributed by atoms with Crippen LogP contribution in [0.15, 0.2) is 53.4 Å². The van der Waals surface area contributed by atoms with Crippen LogP contribution < -0.4 is 5.73 Å². The molecular weight excluding hydrogens is 269 g/mol. The maximum Gasteiger partial charge on any atom is 0.136 e. The first-order chi connectivity index (χ1) is 8.70. The highest BCUT2D eigenvalue weighted by Gasteiger charge is 2.13. The van der Waals surface area contributed by atoms with Crippen LogP contribution in [-0.4, -0.2) is 6.54 Å². The fraction of sp³-hybridized carbons (Fsp3) is 0.143. The Labute approximate surface area is 115 Å². The third-order valence-corrected chi connectivity index (χ3v) is 4.15. The van der Waals surface area contributed by atoms with Crippen LogP contribution in [0.4, 0.5) is 4.39 Å². The summed E-state index contributed by atoms with van der Waals surface area (Å²) in [5, 5.41) is 0.713. The van der Waals surface area contributed by atoms with Gasteiger partial charge in [0.2, 0.25) is 0 Å². The van der Waals surface area contributed by atoms with E-state index in [0.717, 1.165) is 5.56 Å². The average Bonchev–Trinajstić information content (AvgIpc) is 2.39. The maximum atomic E-state index is 13.6. The monoisotopic (exact) mass is 281 g/mol. The lowest BCUT2D eigenvalue weighted by Gasteiger charge is -2.15. The van der Waals surface area contributed by atoms with E-state index in [4.69, 9.17) is 17.3 Å². The summed E-state index contributed by atoms with van der Waals surface area (Å²) in [5.74, 6) is -0.213. The summed E-state index contributed by atoms with van der Waals surface area (Å²) in [6.45, 7) is 0.445. The highest BCUT2D eigenvalue weighted by atomic mass is 35.5. The van der Waals surface area contributed by atoms with Crippen molar-refractivity contribution in [2.75, 3.05) is 6.54 Å². The van der Waals surface area contributed by atoms with E-state index in [1.807, 2.05) is 30.3 Å². The van der Waals surface area contributed by atoms with Crippen molar-refractivity contribution < 1.29 is 4.39 Å². The summed E-state index contributed by atoms with van der Waals surface area (Å²) in [7, 11) is 0. The van der Waals surface area contributed by atoms with Crippen molar-refractivity contribution in [2.45, 2.75) is 10.1 Å². The molecule has 1 unspecified atom stereocenters. The van der Waals surface area contributed by atoms with E-state index in [9.17, 15) is 4.39 Å². The van der Waals surface area contributed by atoms with Crippen molar-refractivity contribution in [1.82, 2.24) is 0 Å². The molecule has 0 spiro atoms. The Morgan fingerprint density at radius 3 is 2.39 bits per heavy atom. The third kappa shape index (κ3) is 3.25. The smallest absolute Gasteiger partial charge is 0.136 e. The first-order valence-corrected chi connectivity index (χ1v) is 6.83. The lowest BCUT2D eigenvalue weighted by atomic mass is 10.1. The van der Waals surface area contributed by atoms with E-state index in [0.29, 0.717) is 16.5 Å². The summed E-state index contributed by atoms with van der Waals surface area (Å²) < 4.78 is 13.6. The normalized spacial score (nSPS) is 12.4. The third-order valence-electron chi connectivity index (χ3n) is 2.56. The highest BCUT2D eigenvalue weighted by Crippen LogP contribution is 2.35. The zero-order valence-corrected chi connectivity index (χ0v) is 11.2. The fourth-order valence-corrected chi connectivity index (χ4v) is 2.78. The zero-order valence-electron chi connectivity index (χ0n) is 9.64. The number of hydrogen-bond acceptors (Lipinski definition) is 2. The van der Waals surface area contributed by atoms with Crippen molar-refractivity contribution in [2.24, 2.45) is 5.73 Å². The molecule has 0 aliphatic rings. The standard InChI is InChI=1S/C14H13ClFNS/c15-11-7-5-10(6-8-11)14(9-17)18-13-4-2-1-3-12(13)16/h1-8,14H,9,17H2. The van der Waals surface area contributed by atoms with Crippen LogP contribution >= 0.6 is 23.4 Å². The first kappa shape index (κ1) is 13.4. The summed E-state index contributed by atoms with van der Waals surface area (Å²) in [4.78, 5) is 0.614. The Kier molecular flexibility index (Phi) is 4.64. The second-order valence-electron chi connectivity index (χ2n) is 3.82. The van der Waals surface area contributed by atoms with Gasteiger partial charge in [0.05, 0.1) is 0 Å². The molecule has 94 valence electrons. The van der Waals surface area contributed by atoms with Gasteiger partial charge >= 0.3 is 0 Å². The van der Waals surface area contributed by atoms with Crippen LogP contribution in [0, 0.1) is 5.82 Å². The van der Waals surface area contributed by atoms with Crippen LogP contribution in [0.1, 0.15) is 10.8 Å². The van der Waals surface area contributed by atoms with Crippen molar-refractivity contribution in [1.29, 1.82) is 0 Å². The van der Waals surface area contributed by atoms with E-state index in [-0.39, 0.29) is 11.1 Å². The van der Waals surface area contributed by atoms with E-state index in [2.05, 4.69) is 0 Å². The molecular formula is C14H13ClFNS. The van der Waals surface area contributed by atoms with Gasteiger partial charge in [-0.2, -0.15) is 0 Å². The molecule has 2 N–H and O–H groups in total. The topological polar surface area (TPSA) is 26.0 Å². The molecule has 4 heteroatoms. The molecule has 0 heterocycles. The van der Waals surface area contributed by atoms with Crippen molar-refractivity contribution in [3.05, 3.63) is 64.9 Å². The Balaban J connectivity index is 2.20. The van der Waals surface area contributed by atoms with Gasteiger partial charge in [0.1, 0.15) is 5.82 Å². The lowest BCUT2D eigenvalue weighted by molar-refractivity contribution is 0.601. The minimum atomic E-state index is -0.213. The quantitative estimate of drug-likeness (QED) is 0.847. The Bertz CT molecular complexity index is 515. The molecule has 0 saturated carbocycles. The van der Waals surface area contributed by atoms with E-state index in [1.165, 1.54) is 17.8 Å². The molecule has 1 atom stereocenters. The highest BCUT2D eigenvalue weighted by molar-refractivity contribution is 7.99. The summed E-state index contributed by atoms with van der Waals surface area (Å²) in [6.07, 6.45) is 0. The van der Waals surface area contributed by atoms with Crippen LogP contribution in [-0.2, 0) is 0 Å². The van der Waals surface area contributed by atoms with Crippen molar-refractivity contribution in [3.63, 3.8) is 0 Å². The van der Waals surface area contributed by atoms with Crippen LogP contribution in [0.25, 0.3) is 0 Å². The van der Waals surface area contributed by atoms with Gasteiger partial charge in [-0.05, 0) is 29.8 Å². The molecule has 0 aliphatic carbocycles. The molecule has 0 bridgehead atoms. The minimum absolute atomic E-state index is 0.0270. The lowest BCUT2D eigenvalue weighted by Crippen LogP contribution is -2.09. The molecule has 1 nitrogen and oxygen atoms in total. The van der Waals surface area contributed by atoms with E-state index >= 15 is 0 Å². The molecule has 0 amide bonds. The molecule has 0 aliphatic heterocycles. The maximum absolute atomic E-state index is 13.6. The van der Waals surface area contributed by atoms with Gasteiger partial charge in [-0.25, -0.2) is 4.39 Å². The number of thioether (sulfide) groups is 1. The zero-order chi connectivity index (χ0) is 13.0. The van der Waals surface area contributed by atoms with Crippen LogP contribution in [0.2, 0.25) is 5.02 Å². The van der Waals surface area contributed by atoms with Crippen molar-refractivity contribution >= 4 is 23.4 Å². The van der Waals surface area contributed by atoms with Gasteiger partial charge in [-0.3, -0.25) is 0 Å². The second-order valence-corrected chi connectivity index (χ2v) is 5.51. The molecule has 0 fully saturated rings. The van der Waals surface area contributed by atoms with Gasteiger partial charge in [0.15, 0.2) is 0 Å². The van der Waals surface area contributed by atoms with Gasteiger partial charge in [-0.1, -0.05) is 35.9 Å². The molecule has 2 aromatic carbocycles. The SMILES string of the molecule is NCC(Sc1ccccc1F)c1ccc(Cl)cc1. The number of nitrogens with two attached hydrogens (primary N) is 1. The average molecular weight is 282 g/mol. The molecule has 2 aromatic rings. The molecule has 2 rings (SSSR count). The van der Waals surface area contributed by atoms with Crippen LogP contribution in [0.5, 0.6) is 0 Å². The number of hydrogen-bond donors (Lipinski definition) is 1. The predicted molar refractivity (Wildman–Crippen MR) is 75.5 cm³/mol. The first-order valence-electron chi connectivity index (χ1n) is 5.57. The number of rotatable bonds is 4. The summed E-state index contributed by atoms with van der Waals surface area (Å²) in [5.41, 5.74) is 6.82. The van der Waals surface area contributed by atoms with Gasteiger partial charge in [0.25, 0.3) is 0 Å². The van der Waals surface area contributed by atoms with Crippen LogP contribution in [0.3, 0.4) is 0 Å². The molecule has 0 radical (unpaired) electrons. The van der Waals surface area contributed by atoms with Crippen molar-refractivity contribution in [3.8, 4) is 0 Å². The van der Waals surface area contributed by atoms with Gasteiger partial charge in [0, 0.05) is 21.7 Å². The summed E-state index contributed by atoms with van der Waals surface area (Å²) >= 11 is 7.28. The van der Waals surface area contributed by atoms with Gasteiger partial charge < -0.3 is 5.73 Å². The van der Waals surface area contributed by atoms with E-state index in [1.54, 1.807) is 12.1 Å². The number of halogens is 2. The number of benzene rings is 2. The largest absolute Gasteiger partial charge is 0.329 e. The summed E-state index contributed by atoms with van der Waals surface area (Å²) in [6, 6.07) is 14.2. The minimum Gasteiger partial charge on any atom is -0.329 e. The Morgan fingerprint density at radius 2 is 1.78 bits per heavy atom. The Hall–Kier alpha value is -1.03. The predicted octanol–water partition coefficient (Wildman–Crippen LogP) is 4.27.